The predicted octanol–water partition coefficient (Wildman–Crippen LogP) is 2.89. The van der Waals surface area contributed by atoms with Crippen LogP contribution in [0.25, 0.3) is 0 Å². The van der Waals surface area contributed by atoms with E-state index in [9.17, 15) is 0 Å². The number of aryl methyl sites for hydroxylation is 1. The summed E-state index contributed by atoms with van der Waals surface area (Å²) in [5, 5.41) is 0. The Kier molecular flexibility index (Phi) is 4.00. The standard InChI is InChI=1S/C13H22N2S/c1-10-5-3-4-6-15(10)9-12-7-13(8-14)16-11(12)2/h7,10H,3-6,8-9,14H2,1-2H3. The summed E-state index contributed by atoms with van der Waals surface area (Å²) in [4.78, 5) is 5.37. The summed E-state index contributed by atoms with van der Waals surface area (Å²) in [6.45, 7) is 7.62. The van der Waals surface area contributed by atoms with E-state index < -0.39 is 0 Å². The van der Waals surface area contributed by atoms with Gasteiger partial charge in [-0.1, -0.05) is 6.42 Å². The maximum absolute atomic E-state index is 5.69. The topological polar surface area (TPSA) is 29.3 Å². The van der Waals surface area contributed by atoms with Crippen molar-refractivity contribution in [3.05, 3.63) is 21.4 Å². The SMILES string of the molecule is Cc1sc(CN)cc1CN1CCCCC1C. The quantitative estimate of drug-likeness (QED) is 0.877. The van der Waals surface area contributed by atoms with Crippen LogP contribution in [0.4, 0.5) is 0 Å². The molecule has 2 N–H and O–H groups in total. The molecule has 2 nitrogen and oxygen atoms in total. The Balaban J connectivity index is 2.04. The number of hydrogen-bond acceptors (Lipinski definition) is 3. The van der Waals surface area contributed by atoms with Gasteiger partial charge in [-0.2, -0.15) is 0 Å². The van der Waals surface area contributed by atoms with Gasteiger partial charge in [0.15, 0.2) is 0 Å². The molecule has 3 heteroatoms. The summed E-state index contributed by atoms with van der Waals surface area (Å²) in [5.74, 6) is 0. The highest BCUT2D eigenvalue weighted by molar-refractivity contribution is 7.12. The zero-order valence-electron chi connectivity index (χ0n) is 10.3. The molecule has 0 aromatic carbocycles. The Morgan fingerprint density at radius 3 is 2.94 bits per heavy atom. The average Bonchev–Trinajstić information content (AvgIpc) is 2.63. The van der Waals surface area contributed by atoms with E-state index in [1.54, 1.807) is 0 Å². The fourth-order valence-electron chi connectivity index (χ4n) is 2.46. The highest BCUT2D eigenvalue weighted by atomic mass is 32.1. The molecular formula is C13H22N2S. The van der Waals surface area contributed by atoms with Crippen LogP contribution in [0, 0.1) is 6.92 Å². The number of rotatable bonds is 3. The van der Waals surface area contributed by atoms with Gasteiger partial charge in [-0.25, -0.2) is 0 Å². The number of piperidine rings is 1. The first kappa shape index (κ1) is 12.1. The monoisotopic (exact) mass is 238 g/mol. The molecule has 0 aliphatic carbocycles. The summed E-state index contributed by atoms with van der Waals surface area (Å²) in [6.07, 6.45) is 4.11. The lowest BCUT2D eigenvalue weighted by Crippen LogP contribution is -2.36. The molecule has 2 rings (SSSR count). The van der Waals surface area contributed by atoms with Gasteiger partial charge in [0.25, 0.3) is 0 Å². The van der Waals surface area contributed by atoms with Crippen molar-refractivity contribution in [1.82, 2.24) is 4.90 Å². The lowest BCUT2D eigenvalue weighted by atomic mass is 10.0. The van der Waals surface area contributed by atoms with Gasteiger partial charge < -0.3 is 5.73 Å². The number of likely N-dealkylation sites (tertiary alicyclic amines) is 1. The van der Waals surface area contributed by atoms with Crippen molar-refractivity contribution < 1.29 is 0 Å². The Morgan fingerprint density at radius 2 is 2.31 bits per heavy atom. The molecule has 1 aromatic rings. The molecule has 0 bridgehead atoms. The van der Waals surface area contributed by atoms with E-state index in [-0.39, 0.29) is 0 Å². The second kappa shape index (κ2) is 5.30. The molecule has 90 valence electrons. The number of nitrogens with two attached hydrogens (primary N) is 1. The van der Waals surface area contributed by atoms with Gasteiger partial charge in [0.1, 0.15) is 0 Å². The molecule has 1 aliphatic rings. The van der Waals surface area contributed by atoms with Crippen molar-refractivity contribution in [2.75, 3.05) is 6.54 Å². The van der Waals surface area contributed by atoms with Gasteiger partial charge in [0.2, 0.25) is 0 Å². The predicted molar refractivity (Wildman–Crippen MR) is 70.7 cm³/mol. The molecule has 0 spiro atoms. The van der Waals surface area contributed by atoms with E-state index in [1.807, 2.05) is 11.3 Å². The normalized spacial score (nSPS) is 22.6. The highest BCUT2D eigenvalue weighted by Crippen LogP contribution is 2.25. The van der Waals surface area contributed by atoms with Crippen LogP contribution in [0.1, 0.15) is 41.5 Å². The average molecular weight is 238 g/mol. The van der Waals surface area contributed by atoms with Crippen molar-refractivity contribution in [2.24, 2.45) is 5.73 Å². The van der Waals surface area contributed by atoms with Gasteiger partial charge in [0, 0.05) is 28.9 Å². The maximum atomic E-state index is 5.69. The van der Waals surface area contributed by atoms with Crippen LogP contribution in [0.2, 0.25) is 0 Å². The third kappa shape index (κ3) is 2.65. The number of hydrogen-bond donors (Lipinski definition) is 1. The van der Waals surface area contributed by atoms with Crippen LogP contribution in [0.3, 0.4) is 0 Å². The zero-order chi connectivity index (χ0) is 11.5. The summed E-state index contributed by atoms with van der Waals surface area (Å²) < 4.78 is 0. The molecular weight excluding hydrogens is 216 g/mol. The van der Waals surface area contributed by atoms with E-state index in [2.05, 4.69) is 24.8 Å². The Labute approximate surface area is 102 Å². The molecule has 0 saturated carbocycles. The first-order valence-corrected chi connectivity index (χ1v) is 7.04. The van der Waals surface area contributed by atoms with Gasteiger partial charge in [0.05, 0.1) is 0 Å². The fraction of sp³-hybridized carbons (Fsp3) is 0.692. The Hall–Kier alpha value is -0.380. The lowest BCUT2D eigenvalue weighted by Gasteiger charge is -2.33. The maximum Gasteiger partial charge on any atom is 0.0274 e. The smallest absolute Gasteiger partial charge is 0.0274 e. The molecule has 1 saturated heterocycles. The zero-order valence-corrected chi connectivity index (χ0v) is 11.1. The van der Waals surface area contributed by atoms with Gasteiger partial charge >= 0.3 is 0 Å². The third-order valence-corrected chi connectivity index (χ3v) is 4.70. The summed E-state index contributed by atoms with van der Waals surface area (Å²) in [6, 6.07) is 3.04. The molecule has 1 fully saturated rings. The van der Waals surface area contributed by atoms with Gasteiger partial charge in [-0.05, 0) is 44.9 Å². The first-order chi connectivity index (χ1) is 7.70. The molecule has 0 amide bonds. The lowest BCUT2D eigenvalue weighted by molar-refractivity contribution is 0.152. The number of thiophene rings is 1. The van der Waals surface area contributed by atoms with Crippen molar-refractivity contribution >= 4 is 11.3 Å². The largest absolute Gasteiger partial charge is 0.326 e. The third-order valence-electron chi connectivity index (χ3n) is 3.59. The first-order valence-electron chi connectivity index (χ1n) is 6.23. The van der Waals surface area contributed by atoms with Crippen molar-refractivity contribution in [3.63, 3.8) is 0 Å². The summed E-state index contributed by atoms with van der Waals surface area (Å²) in [7, 11) is 0. The minimum Gasteiger partial charge on any atom is -0.326 e. The Bertz CT molecular complexity index is 346. The van der Waals surface area contributed by atoms with Crippen molar-refractivity contribution in [3.8, 4) is 0 Å². The van der Waals surface area contributed by atoms with Gasteiger partial charge in [-0.3, -0.25) is 4.90 Å². The van der Waals surface area contributed by atoms with Crippen molar-refractivity contribution in [2.45, 2.75) is 52.2 Å². The van der Waals surface area contributed by atoms with Gasteiger partial charge in [-0.15, -0.1) is 11.3 Å². The molecule has 1 unspecified atom stereocenters. The van der Waals surface area contributed by atoms with Crippen LogP contribution in [-0.2, 0) is 13.1 Å². The van der Waals surface area contributed by atoms with Crippen LogP contribution in [0.5, 0.6) is 0 Å². The van der Waals surface area contributed by atoms with E-state index >= 15 is 0 Å². The fourth-order valence-corrected chi connectivity index (χ4v) is 3.39. The second-order valence-corrected chi connectivity index (χ2v) is 6.15. The molecule has 0 radical (unpaired) electrons. The van der Waals surface area contributed by atoms with Crippen LogP contribution >= 0.6 is 11.3 Å². The van der Waals surface area contributed by atoms with Crippen LogP contribution in [0.15, 0.2) is 6.07 Å². The molecule has 1 aliphatic heterocycles. The van der Waals surface area contributed by atoms with E-state index in [1.165, 1.54) is 41.1 Å². The van der Waals surface area contributed by atoms with Crippen molar-refractivity contribution in [1.29, 1.82) is 0 Å². The molecule has 2 heterocycles. The highest BCUT2D eigenvalue weighted by Gasteiger charge is 2.19. The second-order valence-electron chi connectivity index (χ2n) is 4.81. The van der Waals surface area contributed by atoms with Crippen LogP contribution in [-0.4, -0.2) is 17.5 Å². The van der Waals surface area contributed by atoms with Crippen LogP contribution < -0.4 is 5.73 Å². The van der Waals surface area contributed by atoms with E-state index in [0.717, 1.165) is 12.6 Å². The minimum atomic E-state index is 0.682. The molecule has 1 aromatic heterocycles. The van der Waals surface area contributed by atoms with E-state index in [4.69, 9.17) is 5.73 Å². The minimum absolute atomic E-state index is 0.682. The summed E-state index contributed by atoms with van der Waals surface area (Å²) >= 11 is 1.85. The summed E-state index contributed by atoms with van der Waals surface area (Å²) in [5.41, 5.74) is 7.17. The van der Waals surface area contributed by atoms with E-state index in [0.29, 0.717) is 6.54 Å². The number of nitrogens with zero attached hydrogens (tertiary/aromatic N) is 1. The molecule has 16 heavy (non-hydrogen) atoms. The Morgan fingerprint density at radius 1 is 1.50 bits per heavy atom. The molecule has 1 atom stereocenters.